The quantitative estimate of drug-likeness (QED) is 0.564. The van der Waals surface area contributed by atoms with Crippen LogP contribution in [0.1, 0.15) is 15.9 Å². The van der Waals surface area contributed by atoms with E-state index in [1.54, 1.807) is 49.6 Å². The van der Waals surface area contributed by atoms with E-state index >= 15 is 0 Å². The molecule has 1 amide bonds. The van der Waals surface area contributed by atoms with Crippen LogP contribution < -0.4 is 10.9 Å². The SMILES string of the molecule is Cn1c(=O)c(-c2ccc(C(=O)NCc3ccccc3Cl)cc2)nc2cccnc21. The molecule has 4 aromatic rings. The van der Waals surface area contributed by atoms with Crippen LogP contribution in [0.2, 0.25) is 5.02 Å². The lowest BCUT2D eigenvalue weighted by atomic mass is 10.1. The van der Waals surface area contributed by atoms with Crippen LogP contribution in [-0.4, -0.2) is 20.4 Å². The Morgan fingerprint density at radius 2 is 1.83 bits per heavy atom. The molecule has 144 valence electrons. The third-order valence-corrected chi connectivity index (χ3v) is 5.01. The minimum Gasteiger partial charge on any atom is -0.348 e. The molecule has 0 aliphatic heterocycles. The van der Waals surface area contributed by atoms with Gasteiger partial charge in [-0.15, -0.1) is 0 Å². The van der Waals surface area contributed by atoms with E-state index in [1.165, 1.54) is 4.57 Å². The van der Waals surface area contributed by atoms with Gasteiger partial charge in [0.25, 0.3) is 11.5 Å². The van der Waals surface area contributed by atoms with E-state index < -0.39 is 0 Å². The molecule has 6 nitrogen and oxygen atoms in total. The molecule has 29 heavy (non-hydrogen) atoms. The Morgan fingerprint density at radius 1 is 1.07 bits per heavy atom. The third-order valence-electron chi connectivity index (χ3n) is 4.64. The molecule has 2 aromatic heterocycles. The summed E-state index contributed by atoms with van der Waals surface area (Å²) in [5, 5.41) is 3.45. The van der Waals surface area contributed by atoms with E-state index in [-0.39, 0.29) is 11.5 Å². The Kier molecular flexibility index (Phi) is 5.10. The highest BCUT2D eigenvalue weighted by atomic mass is 35.5. The molecule has 0 aliphatic carbocycles. The lowest BCUT2D eigenvalue weighted by molar-refractivity contribution is 0.0951. The van der Waals surface area contributed by atoms with Crippen molar-refractivity contribution in [1.29, 1.82) is 0 Å². The van der Waals surface area contributed by atoms with Gasteiger partial charge in [-0.1, -0.05) is 41.9 Å². The predicted molar refractivity (Wildman–Crippen MR) is 113 cm³/mol. The topological polar surface area (TPSA) is 76.9 Å². The predicted octanol–water partition coefficient (Wildman–Crippen LogP) is 3.58. The molecule has 7 heteroatoms. The van der Waals surface area contributed by atoms with E-state index in [9.17, 15) is 9.59 Å². The van der Waals surface area contributed by atoms with Gasteiger partial charge in [-0.05, 0) is 35.9 Å². The van der Waals surface area contributed by atoms with Crippen molar-refractivity contribution in [2.75, 3.05) is 0 Å². The number of aryl methyl sites for hydroxylation is 1. The number of rotatable bonds is 4. The van der Waals surface area contributed by atoms with E-state index in [1.807, 2.05) is 24.3 Å². The van der Waals surface area contributed by atoms with Crippen molar-refractivity contribution in [3.8, 4) is 11.3 Å². The molecule has 0 unspecified atom stereocenters. The van der Waals surface area contributed by atoms with E-state index in [0.29, 0.717) is 39.6 Å². The van der Waals surface area contributed by atoms with Gasteiger partial charge in [0, 0.05) is 35.9 Å². The van der Waals surface area contributed by atoms with Crippen molar-refractivity contribution in [3.63, 3.8) is 0 Å². The van der Waals surface area contributed by atoms with Crippen LogP contribution in [0.4, 0.5) is 0 Å². The second-order valence-corrected chi connectivity index (χ2v) is 6.93. The highest BCUT2D eigenvalue weighted by Gasteiger charge is 2.13. The van der Waals surface area contributed by atoms with E-state index in [4.69, 9.17) is 11.6 Å². The number of halogens is 1. The minimum atomic E-state index is -0.243. The summed E-state index contributed by atoms with van der Waals surface area (Å²) in [6, 6.07) is 17.7. The molecule has 0 fully saturated rings. The summed E-state index contributed by atoms with van der Waals surface area (Å²) >= 11 is 6.12. The molecule has 0 aliphatic rings. The van der Waals surface area contributed by atoms with Crippen molar-refractivity contribution >= 4 is 28.7 Å². The molecular weight excluding hydrogens is 388 g/mol. The minimum absolute atomic E-state index is 0.222. The lowest BCUT2D eigenvalue weighted by Gasteiger charge is -2.09. The van der Waals surface area contributed by atoms with Crippen LogP contribution >= 0.6 is 11.6 Å². The zero-order chi connectivity index (χ0) is 20.4. The lowest BCUT2D eigenvalue weighted by Crippen LogP contribution is -2.23. The molecule has 0 spiro atoms. The fourth-order valence-electron chi connectivity index (χ4n) is 3.04. The first-order chi connectivity index (χ1) is 14.0. The van der Waals surface area contributed by atoms with Crippen LogP contribution in [0.3, 0.4) is 0 Å². The van der Waals surface area contributed by atoms with Crippen molar-refractivity contribution in [1.82, 2.24) is 19.9 Å². The van der Waals surface area contributed by atoms with Gasteiger partial charge in [0.05, 0.1) is 0 Å². The molecule has 4 rings (SSSR count). The van der Waals surface area contributed by atoms with Crippen molar-refractivity contribution < 1.29 is 4.79 Å². The van der Waals surface area contributed by atoms with E-state index in [2.05, 4.69) is 15.3 Å². The number of benzene rings is 2. The first-order valence-corrected chi connectivity index (χ1v) is 9.36. The number of hydrogen-bond donors (Lipinski definition) is 1. The fraction of sp³-hybridized carbons (Fsp3) is 0.0909. The van der Waals surface area contributed by atoms with Gasteiger partial charge in [-0.3, -0.25) is 14.2 Å². The zero-order valence-corrected chi connectivity index (χ0v) is 16.3. The Hall–Kier alpha value is -3.51. The van der Waals surface area contributed by atoms with Crippen LogP contribution in [0.15, 0.2) is 71.7 Å². The Morgan fingerprint density at radius 3 is 2.59 bits per heavy atom. The summed E-state index contributed by atoms with van der Waals surface area (Å²) < 4.78 is 1.47. The second kappa shape index (κ2) is 7.85. The highest BCUT2D eigenvalue weighted by Crippen LogP contribution is 2.18. The van der Waals surface area contributed by atoms with Gasteiger partial charge in [0.1, 0.15) is 11.2 Å². The van der Waals surface area contributed by atoms with Gasteiger partial charge in [-0.25, -0.2) is 9.97 Å². The summed E-state index contributed by atoms with van der Waals surface area (Å²) in [4.78, 5) is 33.7. The van der Waals surface area contributed by atoms with Gasteiger partial charge in [0.2, 0.25) is 0 Å². The molecular formula is C22H17ClN4O2. The zero-order valence-electron chi connectivity index (χ0n) is 15.6. The molecule has 0 radical (unpaired) electrons. The van der Waals surface area contributed by atoms with Gasteiger partial charge in [-0.2, -0.15) is 0 Å². The molecule has 0 bridgehead atoms. The number of amides is 1. The average molecular weight is 405 g/mol. The summed E-state index contributed by atoms with van der Waals surface area (Å²) in [7, 11) is 1.67. The number of carbonyl (C=O) groups excluding carboxylic acids is 1. The van der Waals surface area contributed by atoms with Crippen LogP contribution in [0.25, 0.3) is 22.4 Å². The second-order valence-electron chi connectivity index (χ2n) is 6.52. The largest absolute Gasteiger partial charge is 0.348 e. The first kappa shape index (κ1) is 18.8. The summed E-state index contributed by atoms with van der Waals surface area (Å²) in [6.07, 6.45) is 1.62. The normalized spacial score (nSPS) is 10.8. The maximum absolute atomic E-state index is 12.7. The summed E-state index contributed by atoms with van der Waals surface area (Å²) in [5.41, 5.74) is 3.20. The number of fused-ring (bicyclic) bond motifs is 1. The smallest absolute Gasteiger partial charge is 0.278 e. The maximum Gasteiger partial charge on any atom is 0.278 e. The molecule has 1 N–H and O–H groups in total. The monoisotopic (exact) mass is 404 g/mol. The number of aromatic nitrogens is 3. The summed E-state index contributed by atoms with van der Waals surface area (Å²) in [6.45, 7) is 0.333. The number of nitrogens with one attached hydrogen (secondary N) is 1. The van der Waals surface area contributed by atoms with Gasteiger partial charge >= 0.3 is 0 Å². The Balaban J connectivity index is 1.57. The molecule has 2 aromatic carbocycles. The third kappa shape index (κ3) is 3.75. The molecule has 0 saturated heterocycles. The summed E-state index contributed by atoms with van der Waals surface area (Å²) in [5.74, 6) is -0.222. The van der Waals surface area contributed by atoms with Crippen LogP contribution in [0, 0.1) is 0 Å². The maximum atomic E-state index is 12.7. The van der Waals surface area contributed by atoms with Crippen LogP contribution in [-0.2, 0) is 13.6 Å². The Bertz CT molecular complexity index is 1270. The van der Waals surface area contributed by atoms with Crippen molar-refractivity contribution in [3.05, 3.63) is 93.4 Å². The number of pyridine rings is 1. The number of carbonyl (C=O) groups is 1. The van der Waals surface area contributed by atoms with Crippen LogP contribution in [0.5, 0.6) is 0 Å². The standard InChI is InChI=1S/C22H17ClN4O2/c1-27-20-18(7-4-12-24-20)26-19(22(27)29)14-8-10-15(11-9-14)21(28)25-13-16-5-2-3-6-17(16)23/h2-12H,13H2,1H3,(H,25,28). The van der Waals surface area contributed by atoms with Gasteiger partial charge < -0.3 is 5.32 Å². The number of nitrogens with zero attached hydrogens (tertiary/aromatic N) is 3. The Labute approximate surface area is 171 Å². The number of hydrogen-bond acceptors (Lipinski definition) is 4. The average Bonchev–Trinajstić information content (AvgIpc) is 2.75. The molecule has 0 atom stereocenters. The molecule has 2 heterocycles. The fourth-order valence-corrected chi connectivity index (χ4v) is 3.25. The highest BCUT2D eigenvalue weighted by molar-refractivity contribution is 6.31. The molecule has 0 saturated carbocycles. The first-order valence-electron chi connectivity index (χ1n) is 8.98. The van der Waals surface area contributed by atoms with E-state index in [0.717, 1.165) is 5.56 Å². The van der Waals surface area contributed by atoms with Gasteiger partial charge in [0.15, 0.2) is 5.65 Å². The van der Waals surface area contributed by atoms with Crippen molar-refractivity contribution in [2.24, 2.45) is 7.05 Å². The van der Waals surface area contributed by atoms with Crippen molar-refractivity contribution in [2.45, 2.75) is 6.54 Å².